The number of ether oxygens (including phenoxy) is 1. The minimum atomic E-state index is -0.520. The molecule has 238 valence electrons. The number of rotatable bonds is 23. The third-order valence-electron chi connectivity index (χ3n) is 8.49. The third kappa shape index (κ3) is 12.3. The summed E-state index contributed by atoms with van der Waals surface area (Å²) < 4.78 is 7.73. The predicted octanol–water partition coefficient (Wildman–Crippen LogP) is 8.19. The molecule has 43 heavy (non-hydrogen) atoms. The predicted molar refractivity (Wildman–Crippen MR) is 177 cm³/mol. The average molecular weight is 592 g/mol. The number of carbonyl (C=O) groups is 1. The van der Waals surface area contributed by atoms with Crippen LogP contribution in [0.2, 0.25) is 0 Å². The van der Waals surface area contributed by atoms with Gasteiger partial charge >= 0.3 is 0 Å². The van der Waals surface area contributed by atoms with Crippen molar-refractivity contribution >= 4 is 18.1 Å². The SMILES string of the molecule is C=c1c(C)nn2nc(C(C)CNC(=O)C(CCCCCCCCCCCCCCCCCC)Oc3ccc(C)cc3)nc12. The molecule has 2 atom stereocenters. The molecule has 7 heteroatoms. The van der Waals surface area contributed by atoms with Gasteiger partial charge in [0.2, 0.25) is 0 Å². The summed E-state index contributed by atoms with van der Waals surface area (Å²) in [5.41, 5.74) is 2.67. The monoisotopic (exact) mass is 591 g/mol. The van der Waals surface area contributed by atoms with Crippen LogP contribution in [0, 0.1) is 13.8 Å². The molecule has 2 heterocycles. The molecular weight excluding hydrogens is 534 g/mol. The van der Waals surface area contributed by atoms with Crippen molar-refractivity contribution in [3.05, 3.63) is 46.6 Å². The third-order valence-corrected chi connectivity index (χ3v) is 8.49. The Bertz CT molecular complexity index is 1240. The summed E-state index contributed by atoms with van der Waals surface area (Å²) in [6, 6.07) is 7.92. The van der Waals surface area contributed by atoms with E-state index in [0.717, 1.165) is 29.5 Å². The lowest BCUT2D eigenvalue weighted by Gasteiger charge is -2.20. The van der Waals surface area contributed by atoms with E-state index in [1.165, 1.54) is 100 Å². The van der Waals surface area contributed by atoms with E-state index >= 15 is 0 Å². The molecule has 0 saturated carbocycles. The Morgan fingerprint density at radius 3 is 1.91 bits per heavy atom. The molecular formula is C36H57N5O2. The molecule has 0 spiro atoms. The highest BCUT2D eigenvalue weighted by molar-refractivity contribution is 5.81. The molecule has 0 radical (unpaired) electrons. The number of carbonyl (C=O) groups excluding carboxylic acids is 1. The molecule has 1 amide bonds. The maximum absolute atomic E-state index is 13.3. The van der Waals surface area contributed by atoms with Crippen LogP contribution in [0.1, 0.15) is 146 Å². The second-order valence-corrected chi connectivity index (χ2v) is 12.5. The Kier molecular flexibility index (Phi) is 15.5. The first kappa shape index (κ1) is 34.5. The number of nitrogens with zero attached hydrogens (tertiary/aromatic N) is 4. The number of hydrogen-bond donors (Lipinski definition) is 1. The first-order valence-corrected chi connectivity index (χ1v) is 17.1. The Morgan fingerprint density at radius 1 is 0.837 bits per heavy atom. The van der Waals surface area contributed by atoms with Gasteiger partial charge in [-0.25, -0.2) is 4.98 Å². The molecule has 0 saturated heterocycles. The van der Waals surface area contributed by atoms with Gasteiger partial charge in [0.25, 0.3) is 5.91 Å². The fraction of sp³-hybridized carbons (Fsp3) is 0.667. The molecule has 2 aromatic heterocycles. The van der Waals surface area contributed by atoms with Crippen molar-refractivity contribution in [1.29, 1.82) is 0 Å². The summed E-state index contributed by atoms with van der Waals surface area (Å²) in [6.07, 6.45) is 21.5. The van der Waals surface area contributed by atoms with Gasteiger partial charge in [0.05, 0.1) is 5.69 Å². The minimum absolute atomic E-state index is 0.0547. The van der Waals surface area contributed by atoms with Crippen molar-refractivity contribution in [2.45, 2.75) is 149 Å². The van der Waals surface area contributed by atoms with Crippen LogP contribution in [0.15, 0.2) is 24.3 Å². The largest absolute Gasteiger partial charge is 0.481 e. The van der Waals surface area contributed by atoms with E-state index in [1.54, 1.807) is 0 Å². The number of fused-ring (bicyclic) bond motifs is 1. The number of unbranched alkanes of at least 4 members (excludes halogenated alkanes) is 15. The van der Waals surface area contributed by atoms with Crippen LogP contribution < -0.4 is 15.3 Å². The summed E-state index contributed by atoms with van der Waals surface area (Å²) in [5, 5.41) is 12.7. The zero-order valence-corrected chi connectivity index (χ0v) is 27.5. The van der Waals surface area contributed by atoms with Gasteiger partial charge in [-0.3, -0.25) is 4.79 Å². The van der Waals surface area contributed by atoms with E-state index in [1.807, 2.05) is 45.0 Å². The van der Waals surface area contributed by atoms with Gasteiger partial charge in [0, 0.05) is 17.7 Å². The van der Waals surface area contributed by atoms with Crippen molar-refractivity contribution in [2.24, 2.45) is 0 Å². The van der Waals surface area contributed by atoms with Gasteiger partial charge in [0.1, 0.15) is 5.75 Å². The van der Waals surface area contributed by atoms with Gasteiger partial charge < -0.3 is 10.1 Å². The van der Waals surface area contributed by atoms with Crippen LogP contribution in [0.4, 0.5) is 0 Å². The van der Waals surface area contributed by atoms with E-state index in [0.29, 0.717) is 24.4 Å². The quantitative estimate of drug-likeness (QED) is 0.112. The topological polar surface area (TPSA) is 81.4 Å². The summed E-state index contributed by atoms with van der Waals surface area (Å²) in [4.78, 5) is 17.9. The van der Waals surface area contributed by atoms with E-state index < -0.39 is 6.10 Å². The molecule has 0 fully saturated rings. The minimum Gasteiger partial charge on any atom is -0.481 e. The summed E-state index contributed by atoms with van der Waals surface area (Å²) in [7, 11) is 0. The van der Waals surface area contributed by atoms with Gasteiger partial charge in [-0.1, -0.05) is 134 Å². The highest BCUT2D eigenvalue weighted by Crippen LogP contribution is 2.19. The van der Waals surface area contributed by atoms with Crippen molar-refractivity contribution in [3.63, 3.8) is 0 Å². The highest BCUT2D eigenvalue weighted by Gasteiger charge is 2.22. The van der Waals surface area contributed by atoms with E-state index in [-0.39, 0.29) is 11.8 Å². The Balaban J connectivity index is 1.33. The average Bonchev–Trinajstić information content (AvgIpc) is 3.53. The lowest BCUT2D eigenvalue weighted by Crippen LogP contribution is -2.40. The van der Waals surface area contributed by atoms with Crippen molar-refractivity contribution < 1.29 is 9.53 Å². The van der Waals surface area contributed by atoms with Crippen LogP contribution >= 0.6 is 0 Å². The first-order chi connectivity index (χ1) is 20.9. The second kappa shape index (κ2) is 19.3. The zero-order valence-electron chi connectivity index (χ0n) is 27.5. The number of hydrogen-bond acceptors (Lipinski definition) is 5. The molecule has 1 aromatic carbocycles. The number of amides is 1. The molecule has 7 nitrogen and oxygen atoms in total. The molecule has 2 unspecified atom stereocenters. The van der Waals surface area contributed by atoms with Gasteiger partial charge in [0.15, 0.2) is 17.6 Å². The van der Waals surface area contributed by atoms with Crippen molar-refractivity contribution in [1.82, 2.24) is 25.1 Å². The Labute approximate surface area is 260 Å². The second-order valence-electron chi connectivity index (χ2n) is 12.5. The molecule has 3 rings (SSSR count). The van der Waals surface area contributed by atoms with Crippen LogP contribution in [0.25, 0.3) is 12.2 Å². The summed E-state index contributed by atoms with van der Waals surface area (Å²) in [5.74, 6) is 1.25. The van der Waals surface area contributed by atoms with E-state index in [4.69, 9.17) is 4.74 Å². The maximum atomic E-state index is 13.3. The van der Waals surface area contributed by atoms with Gasteiger partial charge in [-0.2, -0.15) is 5.10 Å². The lowest BCUT2D eigenvalue weighted by molar-refractivity contribution is -0.128. The fourth-order valence-electron chi connectivity index (χ4n) is 5.51. The maximum Gasteiger partial charge on any atom is 0.261 e. The van der Waals surface area contributed by atoms with Crippen LogP contribution in [-0.4, -0.2) is 38.4 Å². The smallest absolute Gasteiger partial charge is 0.261 e. The van der Waals surface area contributed by atoms with Crippen LogP contribution in [-0.2, 0) is 4.79 Å². The van der Waals surface area contributed by atoms with Crippen LogP contribution in [0.3, 0.4) is 0 Å². The Morgan fingerprint density at radius 2 is 1.37 bits per heavy atom. The van der Waals surface area contributed by atoms with Crippen molar-refractivity contribution in [2.75, 3.05) is 6.54 Å². The zero-order chi connectivity index (χ0) is 30.9. The molecule has 3 aromatic rings. The summed E-state index contributed by atoms with van der Waals surface area (Å²) in [6.45, 7) is 12.7. The standard InChI is InChI=1S/C36H57N5O2/c1-6-7-8-9-10-11-12-13-14-15-16-17-18-19-20-21-22-33(43-32-25-23-28(2)24-26-32)36(42)37-27-29(3)34-38-35-30(4)31(5)39-41(35)40-34/h23-26,29,33H,4,6-22,27H2,1-3,5H3,(H,37,42). The molecule has 0 bridgehead atoms. The number of nitrogens with one attached hydrogen (secondary N) is 1. The summed E-state index contributed by atoms with van der Waals surface area (Å²) >= 11 is 0. The highest BCUT2D eigenvalue weighted by atomic mass is 16.5. The molecule has 0 aliphatic carbocycles. The van der Waals surface area contributed by atoms with Gasteiger partial charge in [-0.15, -0.1) is 9.73 Å². The Hall–Kier alpha value is -2.96. The van der Waals surface area contributed by atoms with Crippen molar-refractivity contribution in [3.8, 4) is 5.75 Å². The number of aromatic nitrogens is 4. The molecule has 0 aliphatic heterocycles. The molecule has 1 N–H and O–H groups in total. The normalized spacial score (nSPS) is 12.9. The fourth-order valence-corrected chi connectivity index (χ4v) is 5.51. The first-order valence-electron chi connectivity index (χ1n) is 17.1. The molecule has 0 aliphatic rings. The number of benzene rings is 1. The number of aryl methyl sites for hydroxylation is 2. The van der Waals surface area contributed by atoms with E-state index in [9.17, 15) is 4.79 Å². The van der Waals surface area contributed by atoms with Crippen LogP contribution in [0.5, 0.6) is 5.75 Å². The van der Waals surface area contributed by atoms with E-state index in [2.05, 4.69) is 34.0 Å². The van der Waals surface area contributed by atoms with Gasteiger partial charge in [-0.05, 0) is 38.8 Å². The lowest BCUT2D eigenvalue weighted by atomic mass is 10.0.